The molecule has 7 nitrogen and oxygen atoms in total. The summed E-state index contributed by atoms with van der Waals surface area (Å²) in [6.07, 6.45) is 6.51. The molecular weight excluding hydrogens is 424 g/mol. The van der Waals surface area contributed by atoms with Crippen LogP contribution in [-0.4, -0.2) is 43.0 Å². The molecule has 0 saturated heterocycles. The van der Waals surface area contributed by atoms with Crippen LogP contribution < -0.4 is 0 Å². The Morgan fingerprint density at radius 2 is 2.00 bits per heavy atom. The first-order valence-electron chi connectivity index (χ1n) is 11.9. The van der Waals surface area contributed by atoms with E-state index in [1.54, 1.807) is 26.0 Å². The van der Waals surface area contributed by atoms with Crippen molar-refractivity contribution in [3.05, 3.63) is 23.3 Å². The van der Waals surface area contributed by atoms with E-state index in [1.807, 2.05) is 0 Å². The smallest absolute Gasteiger partial charge is 0.333 e. The Balaban J connectivity index is 1.98. The van der Waals surface area contributed by atoms with E-state index in [0.29, 0.717) is 31.4 Å². The monoisotopic (exact) mass is 460 g/mol. The fourth-order valence-electron chi connectivity index (χ4n) is 6.07. The molecule has 182 valence electrons. The third-order valence-electron chi connectivity index (χ3n) is 8.31. The van der Waals surface area contributed by atoms with Gasteiger partial charge in [-0.1, -0.05) is 19.9 Å². The van der Waals surface area contributed by atoms with E-state index in [9.17, 15) is 19.2 Å². The Morgan fingerprint density at radius 1 is 1.27 bits per heavy atom. The second-order valence-electron chi connectivity index (χ2n) is 10.1. The van der Waals surface area contributed by atoms with Crippen LogP contribution in [0.3, 0.4) is 0 Å². The van der Waals surface area contributed by atoms with E-state index in [1.165, 1.54) is 6.92 Å². The van der Waals surface area contributed by atoms with Gasteiger partial charge in [0.25, 0.3) is 0 Å². The quantitative estimate of drug-likeness (QED) is 0.321. The summed E-state index contributed by atoms with van der Waals surface area (Å²) in [5.41, 5.74) is 0.102. The lowest BCUT2D eigenvalue weighted by Gasteiger charge is -2.60. The maximum Gasteiger partial charge on any atom is 0.333 e. The number of cyclic esters (lactones) is 1. The summed E-state index contributed by atoms with van der Waals surface area (Å²) in [4.78, 5) is 49.7. The maximum absolute atomic E-state index is 13.6. The van der Waals surface area contributed by atoms with Crippen LogP contribution in [0.4, 0.5) is 0 Å². The van der Waals surface area contributed by atoms with Crippen LogP contribution >= 0.6 is 0 Å². The number of fused-ring (bicyclic) bond motifs is 1. The Labute approximate surface area is 195 Å². The van der Waals surface area contributed by atoms with E-state index < -0.39 is 23.5 Å². The maximum atomic E-state index is 13.6. The van der Waals surface area contributed by atoms with Crippen LogP contribution in [0.5, 0.6) is 0 Å². The van der Waals surface area contributed by atoms with Crippen LogP contribution in [0.2, 0.25) is 0 Å². The highest BCUT2D eigenvalue weighted by Gasteiger charge is 2.64. The van der Waals surface area contributed by atoms with E-state index in [4.69, 9.17) is 14.2 Å². The van der Waals surface area contributed by atoms with Gasteiger partial charge in [-0.3, -0.25) is 9.59 Å². The van der Waals surface area contributed by atoms with E-state index in [0.717, 1.165) is 24.8 Å². The number of hydrogen-bond donors (Lipinski definition) is 0. The molecule has 2 fully saturated rings. The lowest BCUT2D eigenvalue weighted by molar-refractivity contribution is -0.204. The SMILES string of the molecule is C/C=C(\C)C(=O)OC[C@]12C(=O)CCC[C@@H]1[C@@](C)(CCC1=CC(=O)OC1)[C@H](C)C[C@@H]2OC(C)=O. The van der Waals surface area contributed by atoms with Crippen molar-refractivity contribution in [3.8, 4) is 0 Å². The van der Waals surface area contributed by atoms with Crippen molar-refractivity contribution in [2.75, 3.05) is 13.2 Å². The van der Waals surface area contributed by atoms with Gasteiger partial charge in [0.1, 0.15) is 30.5 Å². The highest BCUT2D eigenvalue weighted by Crippen LogP contribution is 2.61. The third kappa shape index (κ3) is 4.78. The van der Waals surface area contributed by atoms with Crippen molar-refractivity contribution in [1.82, 2.24) is 0 Å². The van der Waals surface area contributed by atoms with Gasteiger partial charge in [-0.15, -0.1) is 0 Å². The molecule has 0 aromatic carbocycles. The molecule has 0 N–H and O–H groups in total. The average Bonchev–Trinajstić information content (AvgIpc) is 3.19. The third-order valence-corrected chi connectivity index (χ3v) is 8.31. The number of Topliss-reactive ketones (excluding diaryl/α,β-unsaturated/α-hetero) is 1. The molecule has 2 saturated carbocycles. The van der Waals surface area contributed by atoms with Gasteiger partial charge in [0.2, 0.25) is 0 Å². The molecule has 3 rings (SSSR count). The zero-order valence-corrected chi connectivity index (χ0v) is 20.4. The summed E-state index contributed by atoms with van der Waals surface area (Å²) in [5, 5.41) is 0. The molecule has 1 aliphatic heterocycles. The molecule has 5 atom stereocenters. The normalized spacial score (nSPS) is 34.3. The molecule has 33 heavy (non-hydrogen) atoms. The van der Waals surface area contributed by atoms with Crippen LogP contribution in [0.25, 0.3) is 0 Å². The van der Waals surface area contributed by atoms with E-state index >= 15 is 0 Å². The molecule has 0 bridgehead atoms. The van der Waals surface area contributed by atoms with Gasteiger partial charge < -0.3 is 14.2 Å². The fourth-order valence-corrected chi connectivity index (χ4v) is 6.07. The minimum atomic E-state index is -1.06. The predicted octanol–water partition coefficient (Wildman–Crippen LogP) is 4.09. The number of hydrogen-bond acceptors (Lipinski definition) is 7. The van der Waals surface area contributed by atoms with Crippen LogP contribution in [0, 0.1) is 22.7 Å². The highest BCUT2D eigenvalue weighted by molar-refractivity contribution is 5.90. The highest BCUT2D eigenvalue weighted by atomic mass is 16.6. The topological polar surface area (TPSA) is 96.0 Å². The largest absolute Gasteiger partial charge is 0.461 e. The van der Waals surface area contributed by atoms with Gasteiger partial charge in [0, 0.05) is 25.0 Å². The van der Waals surface area contributed by atoms with Crippen LogP contribution in [-0.2, 0) is 33.4 Å². The Kier molecular flexibility index (Phi) is 7.49. The van der Waals surface area contributed by atoms with Crippen molar-refractivity contribution < 1.29 is 33.4 Å². The van der Waals surface area contributed by atoms with Crippen LogP contribution in [0.1, 0.15) is 73.1 Å². The molecule has 0 radical (unpaired) electrons. The number of ether oxygens (including phenoxy) is 3. The molecule has 3 aliphatic rings. The van der Waals surface area contributed by atoms with Crippen molar-refractivity contribution >= 4 is 23.7 Å². The standard InChI is InChI=1S/C26H36O7/c1-6-16(2)24(30)32-15-26-20(8-7-9-21(26)28)25(5,11-10-19-13-23(29)31-14-19)17(3)12-22(26)33-18(4)27/h6,13,17,20,22H,7-12,14-15H2,1-5H3/b16-6+/t17-,20-,22+,25+,26-/m1/s1. The molecule has 0 unspecified atom stereocenters. The summed E-state index contributed by atoms with van der Waals surface area (Å²) in [6, 6.07) is 0. The second-order valence-corrected chi connectivity index (χ2v) is 10.1. The summed E-state index contributed by atoms with van der Waals surface area (Å²) in [6.45, 7) is 9.34. The van der Waals surface area contributed by atoms with E-state index in [2.05, 4.69) is 13.8 Å². The molecule has 1 heterocycles. The van der Waals surface area contributed by atoms with Crippen molar-refractivity contribution in [2.45, 2.75) is 79.2 Å². The Hall–Kier alpha value is -2.44. The molecule has 2 aliphatic carbocycles. The van der Waals surface area contributed by atoms with Gasteiger partial charge in [0.05, 0.1) is 0 Å². The van der Waals surface area contributed by atoms with E-state index in [-0.39, 0.29) is 35.6 Å². The van der Waals surface area contributed by atoms with Crippen molar-refractivity contribution in [2.24, 2.45) is 22.7 Å². The first kappa shape index (κ1) is 25.2. The predicted molar refractivity (Wildman–Crippen MR) is 121 cm³/mol. The fraction of sp³-hybridized carbons (Fsp3) is 0.692. The second kappa shape index (κ2) is 9.82. The first-order chi connectivity index (χ1) is 15.5. The van der Waals surface area contributed by atoms with Gasteiger partial charge in [0.15, 0.2) is 0 Å². The molecule has 0 amide bonds. The molecular formula is C26H36O7. The lowest BCUT2D eigenvalue weighted by Crippen LogP contribution is -2.64. The minimum absolute atomic E-state index is 0.00708. The summed E-state index contributed by atoms with van der Waals surface area (Å²) in [5.74, 6) is -1.15. The lowest BCUT2D eigenvalue weighted by atomic mass is 9.45. The number of allylic oxidation sites excluding steroid dienone is 1. The van der Waals surface area contributed by atoms with Gasteiger partial charge in [-0.2, -0.15) is 0 Å². The van der Waals surface area contributed by atoms with Gasteiger partial charge in [-0.05, 0) is 68.8 Å². The number of ketones is 1. The number of carbonyl (C=O) groups is 4. The van der Waals surface area contributed by atoms with Gasteiger partial charge >= 0.3 is 17.9 Å². The molecule has 0 aromatic rings. The van der Waals surface area contributed by atoms with Crippen molar-refractivity contribution in [3.63, 3.8) is 0 Å². The average molecular weight is 461 g/mol. The first-order valence-corrected chi connectivity index (χ1v) is 11.9. The molecule has 7 heteroatoms. The number of rotatable bonds is 7. The summed E-state index contributed by atoms with van der Waals surface area (Å²) in [7, 11) is 0. The molecule has 0 spiro atoms. The summed E-state index contributed by atoms with van der Waals surface area (Å²) >= 11 is 0. The van der Waals surface area contributed by atoms with Crippen molar-refractivity contribution in [1.29, 1.82) is 0 Å². The summed E-state index contributed by atoms with van der Waals surface area (Å²) < 4.78 is 16.5. The van der Waals surface area contributed by atoms with Gasteiger partial charge in [-0.25, -0.2) is 9.59 Å². The zero-order valence-electron chi connectivity index (χ0n) is 20.4. The Bertz CT molecular complexity index is 885. The zero-order chi connectivity index (χ0) is 24.4. The Morgan fingerprint density at radius 3 is 2.61 bits per heavy atom. The van der Waals surface area contributed by atoms with Crippen LogP contribution in [0.15, 0.2) is 23.3 Å². The molecule has 0 aromatic heterocycles. The minimum Gasteiger partial charge on any atom is -0.461 e. The number of carbonyl (C=O) groups excluding carboxylic acids is 4. The number of esters is 3.